The molecule has 2 rings (SSSR count). The van der Waals surface area contributed by atoms with Crippen LogP contribution in [0.1, 0.15) is 17.4 Å². The fourth-order valence-electron chi connectivity index (χ4n) is 1.82. The summed E-state index contributed by atoms with van der Waals surface area (Å²) in [5.74, 6) is 0.275. The number of carbonyl (C=O) groups excluding carboxylic acids is 1. The van der Waals surface area contributed by atoms with Crippen LogP contribution in [-0.4, -0.2) is 58.2 Å². The van der Waals surface area contributed by atoms with Crippen LogP contribution in [0.25, 0.3) is 0 Å². The molecule has 3 N–H and O–H groups in total. The summed E-state index contributed by atoms with van der Waals surface area (Å²) in [7, 11) is 0. The second-order valence-electron chi connectivity index (χ2n) is 4.18. The van der Waals surface area contributed by atoms with Gasteiger partial charge in [0.15, 0.2) is 11.5 Å². The van der Waals surface area contributed by atoms with Crippen LogP contribution in [0.15, 0.2) is 12.1 Å². The van der Waals surface area contributed by atoms with E-state index in [1.807, 2.05) is 6.92 Å². The van der Waals surface area contributed by atoms with Gasteiger partial charge in [0.25, 0.3) is 5.91 Å². The molecule has 0 aromatic carbocycles. The Kier molecular flexibility index (Phi) is 3.73. The van der Waals surface area contributed by atoms with Crippen molar-refractivity contribution in [2.75, 3.05) is 24.5 Å². The molecule has 7 heteroatoms. The van der Waals surface area contributed by atoms with E-state index in [1.165, 1.54) is 0 Å². The monoisotopic (exact) mass is 252 g/mol. The van der Waals surface area contributed by atoms with Gasteiger partial charge in [0.05, 0.1) is 12.2 Å². The van der Waals surface area contributed by atoms with Gasteiger partial charge < -0.3 is 20.4 Å². The van der Waals surface area contributed by atoms with Crippen LogP contribution in [0.4, 0.5) is 5.82 Å². The highest BCUT2D eigenvalue weighted by Crippen LogP contribution is 2.17. The zero-order valence-electron chi connectivity index (χ0n) is 10.1. The molecular weight excluding hydrogens is 236 g/mol. The van der Waals surface area contributed by atoms with E-state index >= 15 is 0 Å². The lowest BCUT2D eigenvalue weighted by Gasteiger charge is -2.15. The molecule has 1 aliphatic heterocycles. The number of hydrogen-bond acceptors (Lipinski definition) is 6. The SMILES string of the molecule is CCNC(=O)c1ccc(N2CC(O)C(O)C2)nn1. The molecule has 18 heavy (non-hydrogen) atoms. The third-order valence-electron chi connectivity index (χ3n) is 2.80. The largest absolute Gasteiger partial charge is 0.389 e. The summed E-state index contributed by atoms with van der Waals surface area (Å²) in [5.41, 5.74) is 0.251. The number of rotatable bonds is 3. The van der Waals surface area contributed by atoms with E-state index < -0.39 is 12.2 Å². The van der Waals surface area contributed by atoms with Crippen molar-refractivity contribution in [3.63, 3.8) is 0 Å². The number of aliphatic hydroxyl groups excluding tert-OH is 2. The second kappa shape index (κ2) is 5.28. The van der Waals surface area contributed by atoms with Gasteiger partial charge in [-0.3, -0.25) is 4.79 Å². The van der Waals surface area contributed by atoms with Crippen LogP contribution in [-0.2, 0) is 0 Å². The number of amides is 1. The Morgan fingerprint density at radius 1 is 1.39 bits per heavy atom. The number of nitrogens with one attached hydrogen (secondary N) is 1. The van der Waals surface area contributed by atoms with Crippen molar-refractivity contribution < 1.29 is 15.0 Å². The van der Waals surface area contributed by atoms with Crippen molar-refractivity contribution in [1.82, 2.24) is 15.5 Å². The van der Waals surface area contributed by atoms with Gasteiger partial charge in [-0.1, -0.05) is 0 Å². The van der Waals surface area contributed by atoms with Crippen LogP contribution in [0.5, 0.6) is 0 Å². The Hall–Kier alpha value is -1.73. The summed E-state index contributed by atoms with van der Waals surface area (Å²) in [6.45, 7) is 2.99. The first-order chi connectivity index (χ1) is 8.61. The molecule has 1 aliphatic rings. The Morgan fingerprint density at radius 3 is 2.56 bits per heavy atom. The summed E-state index contributed by atoms with van der Waals surface area (Å²) in [6, 6.07) is 3.23. The molecule has 2 unspecified atom stereocenters. The molecule has 7 nitrogen and oxygen atoms in total. The number of β-amino-alcohol motifs (C(OH)–C–C–N with tert-alkyl or cyclic N) is 2. The fraction of sp³-hybridized carbons (Fsp3) is 0.545. The van der Waals surface area contributed by atoms with Crippen molar-refractivity contribution >= 4 is 11.7 Å². The normalized spacial score (nSPS) is 23.2. The third kappa shape index (κ3) is 2.57. The standard InChI is InChI=1S/C11H16N4O3/c1-2-12-11(18)7-3-4-10(14-13-7)15-5-8(16)9(17)6-15/h3-4,8-9,16-17H,2,5-6H2,1H3,(H,12,18). The van der Waals surface area contributed by atoms with Crippen LogP contribution < -0.4 is 10.2 Å². The number of carbonyl (C=O) groups is 1. The summed E-state index contributed by atoms with van der Waals surface area (Å²) in [6.07, 6.45) is -1.54. The lowest BCUT2D eigenvalue weighted by Crippen LogP contribution is -2.26. The summed E-state index contributed by atoms with van der Waals surface area (Å²) in [5, 5.41) is 29.3. The summed E-state index contributed by atoms with van der Waals surface area (Å²) >= 11 is 0. The molecule has 0 aliphatic carbocycles. The highest BCUT2D eigenvalue weighted by atomic mass is 16.3. The minimum Gasteiger partial charge on any atom is -0.389 e. The number of nitrogens with zero attached hydrogens (tertiary/aromatic N) is 3. The van der Waals surface area contributed by atoms with Gasteiger partial charge in [-0.15, -0.1) is 10.2 Å². The molecule has 2 heterocycles. The number of aromatic nitrogens is 2. The summed E-state index contributed by atoms with van der Waals surface area (Å²) in [4.78, 5) is 13.2. The maximum atomic E-state index is 11.5. The zero-order chi connectivity index (χ0) is 13.1. The zero-order valence-corrected chi connectivity index (χ0v) is 10.1. The molecule has 0 bridgehead atoms. The highest BCUT2D eigenvalue weighted by molar-refractivity contribution is 5.92. The molecule has 0 spiro atoms. The van der Waals surface area contributed by atoms with E-state index in [9.17, 15) is 15.0 Å². The topological polar surface area (TPSA) is 98.6 Å². The summed E-state index contributed by atoms with van der Waals surface area (Å²) < 4.78 is 0. The van der Waals surface area contributed by atoms with Crippen molar-refractivity contribution in [2.45, 2.75) is 19.1 Å². The van der Waals surface area contributed by atoms with Gasteiger partial charge in [0.2, 0.25) is 0 Å². The fourth-order valence-corrected chi connectivity index (χ4v) is 1.82. The van der Waals surface area contributed by atoms with Crippen LogP contribution in [0.2, 0.25) is 0 Å². The Labute approximate surface area is 104 Å². The van der Waals surface area contributed by atoms with E-state index in [0.29, 0.717) is 25.5 Å². The number of anilines is 1. The van der Waals surface area contributed by atoms with Gasteiger partial charge in [0, 0.05) is 19.6 Å². The molecule has 2 atom stereocenters. The van der Waals surface area contributed by atoms with Gasteiger partial charge in [0.1, 0.15) is 0 Å². The lowest BCUT2D eigenvalue weighted by atomic mass is 10.3. The Balaban J connectivity index is 2.06. The van der Waals surface area contributed by atoms with Gasteiger partial charge in [-0.05, 0) is 19.1 Å². The van der Waals surface area contributed by atoms with Crippen molar-refractivity contribution in [3.8, 4) is 0 Å². The predicted molar refractivity (Wildman–Crippen MR) is 64.3 cm³/mol. The van der Waals surface area contributed by atoms with Crippen molar-refractivity contribution in [2.24, 2.45) is 0 Å². The minimum absolute atomic E-state index is 0.251. The molecule has 0 radical (unpaired) electrons. The first-order valence-corrected chi connectivity index (χ1v) is 5.84. The first kappa shape index (κ1) is 12.7. The molecule has 1 saturated heterocycles. The number of hydrogen-bond donors (Lipinski definition) is 3. The second-order valence-corrected chi connectivity index (χ2v) is 4.18. The number of aliphatic hydroxyl groups is 2. The molecule has 0 saturated carbocycles. The highest BCUT2D eigenvalue weighted by Gasteiger charge is 2.30. The predicted octanol–water partition coefficient (Wildman–Crippen LogP) is -1.23. The van der Waals surface area contributed by atoms with Gasteiger partial charge >= 0.3 is 0 Å². The van der Waals surface area contributed by atoms with Gasteiger partial charge in [-0.2, -0.15) is 0 Å². The first-order valence-electron chi connectivity index (χ1n) is 5.84. The molecule has 98 valence electrons. The average Bonchev–Trinajstić information content (AvgIpc) is 2.70. The quantitative estimate of drug-likeness (QED) is 0.623. The average molecular weight is 252 g/mol. The molecule has 1 aromatic heterocycles. The Bertz CT molecular complexity index is 413. The minimum atomic E-state index is -0.769. The Morgan fingerprint density at radius 2 is 2.06 bits per heavy atom. The third-order valence-corrected chi connectivity index (χ3v) is 2.80. The van der Waals surface area contributed by atoms with Crippen LogP contribution in [0, 0.1) is 0 Å². The van der Waals surface area contributed by atoms with E-state index in [2.05, 4.69) is 15.5 Å². The molecule has 1 fully saturated rings. The lowest BCUT2D eigenvalue weighted by molar-refractivity contribution is 0.0572. The van der Waals surface area contributed by atoms with Crippen LogP contribution in [0.3, 0.4) is 0 Å². The molecule has 1 amide bonds. The van der Waals surface area contributed by atoms with E-state index in [-0.39, 0.29) is 11.6 Å². The van der Waals surface area contributed by atoms with Crippen molar-refractivity contribution in [3.05, 3.63) is 17.8 Å². The molecule has 1 aromatic rings. The van der Waals surface area contributed by atoms with E-state index in [0.717, 1.165) is 0 Å². The maximum absolute atomic E-state index is 11.5. The van der Waals surface area contributed by atoms with E-state index in [4.69, 9.17) is 0 Å². The smallest absolute Gasteiger partial charge is 0.271 e. The maximum Gasteiger partial charge on any atom is 0.271 e. The van der Waals surface area contributed by atoms with Crippen LogP contribution >= 0.6 is 0 Å². The van der Waals surface area contributed by atoms with E-state index in [1.54, 1.807) is 17.0 Å². The molecular formula is C11H16N4O3. The van der Waals surface area contributed by atoms with Crippen molar-refractivity contribution in [1.29, 1.82) is 0 Å². The van der Waals surface area contributed by atoms with Gasteiger partial charge in [-0.25, -0.2) is 0 Å².